The Kier molecular flexibility index (Phi) is 4.47. The van der Waals surface area contributed by atoms with Crippen LogP contribution in [0.2, 0.25) is 0 Å². The maximum atomic E-state index is 9.89. The fourth-order valence-electron chi connectivity index (χ4n) is 1.29. The smallest absolute Gasteiger partial charge is 0.293 e. The van der Waals surface area contributed by atoms with Crippen molar-refractivity contribution in [2.45, 2.75) is 12.8 Å². The van der Waals surface area contributed by atoms with Crippen LogP contribution in [0.1, 0.15) is 12.0 Å². The van der Waals surface area contributed by atoms with Crippen molar-refractivity contribution in [3.05, 3.63) is 23.8 Å². The van der Waals surface area contributed by atoms with Crippen LogP contribution in [0.4, 0.5) is 0 Å². The van der Waals surface area contributed by atoms with E-state index in [2.05, 4.69) is 4.74 Å². The van der Waals surface area contributed by atoms with Gasteiger partial charge in [0.15, 0.2) is 11.5 Å². The second kappa shape index (κ2) is 5.90. The predicted octanol–water partition coefficient (Wildman–Crippen LogP) is 1.51. The lowest BCUT2D eigenvalue weighted by Crippen LogP contribution is -1.95. The summed E-state index contributed by atoms with van der Waals surface area (Å²) in [4.78, 5) is 9.89. The van der Waals surface area contributed by atoms with E-state index in [-0.39, 0.29) is 5.75 Å². The highest BCUT2D eigenvalue weighted by atomic mass is 16.5. The maximum absolute atomic E-state index is 9.89. The normalized spacial score (nSPS) is 9.67. The van der Waals surface area contributed by atoms with Crippen LogP contribution < -0.4 is 4.74 Å². The van der Waals surface area contributed by atoms with Crippen molar-refractivity contribution >= 4 is 6.47 Å². The maximum Gasteiger partial charge on any atom is 0.293 e. The Morgan fingerprint density at radius 3 is 2.93 bits per heavy atom. The molecule has 0 bridgehead atoms. The van der Waals surface area contributed by atoms with Crippen LogP contribution in [0.5, 0.6) is 11.5 Å². The largest absolute Gasteiger partial charge is 0.504 e. The first-order chi connectivity index (χ1) is 7.27. The van der Waals surface area contributed by atoms with Gasteiger partial charge in [-0.2, -0.15) is 0 Å². The second-order valence-electron chi connectivity index (χ2n) is 3.08. The highest BCUT2D eigenvalue weighted by molar-refractivity contribution is 5.41. The number of rotatable bonds is 6. The Morgan fingerprint density at radius 1 is 1.47 bits per heavy atom. The van der Waals surface area contributed by atoms with Gasteiger partial charge < -0.3 is 14.6 Å². The average Bonchev–Trinajstić information content (AvgIpc) is 2.26. The Balaban J connectivity index is 2.50. The lowest BCUT2D eigenvalue weighted by molar-refractivity contribution is -0.128. The van der Waals surface area contributed by atoms with E-state index >= 15 is 0 Å². The summed E-state index contributed by atoms with van der Waals surface area (Å²) in [6.45, 7) is 0.851. The van der Waals surface area contributed by atoms with Crippen molar-refractivity contribution in [2.75, 3.05) is 13.7 Å². The van der Waals surface area contributed by atoms with Gasteiger partial charge in [0.2, 0.25) is 0 Å². The van der Waals surface area contributed by atoms with E-state index in [1.807, 2.05) is 6.07 Å². The van der Waals surface area contributed by atoms with Gasteiger partial charge in [0, 0.05) is 0 Å². The molecule has 0 unspecified atom stereocenters. The molecule has 0 aliphatic heterocycles. The number of carbonyl (C=O) groups excluding carboxylic acids is 1. The summed E-state index contributed by atoms with van der Waals surface area (Å²) in [7, 11) is 1.51. The lowest BCUT2D eigenvalue weighted by atomic mass is 10.1. The summed E-state index contributed by atoms with van der Waals surface area (Å²) < 4.78 is 9.55. The van der Waals surface area contributed by atoms with Crippen molar-refractivity contribution in [3.8, 4) is 11.5 Å². The Bertz CT molecular complexity index is 322. The monoisotopic (exact) mass is 210 g/mol. The van der Waals surface area contributed by atoms with Gasteiger partial charge in [-0.15, -0.1) is 0 Å². The van der Waals surface area contributed by atoms with Crippen LogP contribution in [0.25, 0.3) is 0 Å². The van der Waals surface area contributed by atoms with Gasteiger partial charge in [-0.1, -0.05) is 6.07 Å². The summed E-state index contributed by atoms with van der Waals surface area (Å²) in [5.74, 6) is 0.592. The van der Waals surface area contributed by atoms with Gasteiger partial charge in [0.05, 0.1) is 13.7 Å². The quantitative estimate of drug-likeness (QED) is 0.571. The summed E-state index contributed by atoms with van der Waals surface area (Å²) in [6.07, 6.45) is 1.54. The molecule has 1 N–H and O–H groups in total. The Hall–Kier alpha value is -1.71. The molecule has 0 fully saturated rings. The number of benzene rings is 1. The number of methoxy groups -OCH3 is 1. The van der Waals surface area contributed by atoms with Crippen LogP contribution in [0, 0.1) is 0 Å². The van der Waals surface area contributed by atoms with Gasteiger partial charge in [0.25, 0.3) is 6.47 Å². The molecular formula is C11H14O4. The minimum atomic E-state index is 0.130. The molecule has 0 amide bonds. The highest BCUT2D eigenvalue weighted by Crippen LogP contribution is 2.26. The summed E-state index contributed by atoms with van der Waals surface area (Å²) in [6, 6.07) is 5.18. The van der Waals surface area contributed by atoms with Crippen LogP contribution in [-0.4, -0.2) is 25.3 Å². The Labute approximate surface area is 88.4 Å². The molecule has 1 aromatic rings. The minimum Gasteiger partial charge on any atom is -0.504 e. The molecule has 0 saturated carbocycles. The molecule has 0 aromatic heterocycles. The predicted molar refractivity (Wildman–Crippen MR) is 55.0 cm³/mol. The molecule has 0 heterocycles. The van der Waals surface area contributed by atoms with Crippen molar-refractivity contribution in [3.63, 3.8) is 0 Å². The van der Waals surface area contributed by atoms with Crippen molar-refractivity contribution in [1.82, 2.24) is 0 Å². The molecule has 0 spiro atoms. The lowest BCUT2D eigenvalue weighted by Gasteiger charge is -2.06. The molecule has 1 aromatic carbocycles. The molecule has 0 saturated heterocycles. The van der Waals surface area contributed by atoms with Crippen LogP contribution in [0.15, 0.2) is 18.2 Å². The number of hydrogen-bond acceptors (Lipinski definition) is 4. The molecule has 4 nitrogen and oxygen atoms in total. The van der Waals surface area contributed by atoms with Gasteiger partial charge in [-0.05, 0) is 30.5 Å². The molecule has 0 aliphatic carbocycles. The van der Waals surface area contributed by atoms with E-state index in [4.69, 9.17) is 4.74 Å². The standard InChI is InChI=1S/C11H14O4/c1-14-11-7-9(4-5-10(11)13)3-2-6-15-8-12/h4-5,7-8,13H,2-3,6H2,1H3. The first kappa shape index (κ1) is 11.4. The molecule has 15 heavy (non-hydrogen) atoms. The van der Waals surface area contributed by atoms with Crippen molar-refractivity contribution < 1.29 is 19.4 Å². The highest BCUT2D eigenvalue weighted by Gasteiger charge is 2.02. The van der Waals surface area contributed by atoms with E-state index in [0.29, 0.717) is 18.8 Å². The summed E-state index contributed by atoms with van der Waals surface area (Å²) >= 11 is 0. The van der Waals surface area contributed by atoms with E-state index in [1.165, 1.54) is 7.11 Å². The molecule has 1 rings (SSSR count). The molecule has 0 atom stereocenters. The fourth-order valence-corrected chi connectivity index (χ4v) is 1.29. The number of ether oxygens (including phenoxy) is 2. The van der Waals surface area contributed by atoms with E-state index in [1.54, 1.807) is 12.1 Å². The van der Waals surface area contributed by atoms with E-state index in [9.17, 15) is 9.90 Å². The third-order valence-corrected chi connectivity index (χ3v) is 2.04. The number of hydrogen-bond donors (Lipinski definition) is 1. The van der Waals surface area contributed by atoms with E-state index < -0.39 is 0 Å². The van der Waals surface area contributed by atoms with Crippen LogP contribution >= 0.6 is 0 Å². The third-order valence-electron chi connectivity index (χ3n) is 2.04. The summed E-state index contributed by atoms with van der Waals surface area (Å²) in [5.41, 5.74) is 1.04. The van der Waals surface area contributed by atoms with Gasteiger partial charge in [0.1, 0.15) is 0 Å². The Morgan fingerprint density at radius 2 is 2.27 bits per heavy atom. The number of aryl methyl sites for hydroxylation is 1. The average molecular weight is 210 g/mol. The molecule has 0 aliphatic rings. The fraction of sp³-hybridized carbons (Fsp3) is 0.364. The topological polar surface area (TPSA) is 55.8 Å². The third kappa shape index (κ3) is 3.50. The van der Waals surface area contributed by atoms with Crippen LogP contribution in [-0.2, 0) is 16.0 Å². The van der Waals surface area contributed by atoms with Crippen molar-refractivity contribution in [1.29, 1.82) is 0 Å². The molecule has 82 valence electrons. The number of carbonyl (C=O) groups is 1. The summed E-state index contributed by atoms with van der Waals surface area (Å²) in [5, 5.41) is 9.35. The zero-order valence-corrected chi connectivity index (χ0v) is 8.60. The number of phenolic OH excluding ortho intramolecular Hbond substituents is 1. The van der Waals surface area contributed by atoms with Gasteiger partial charge in [-0.25, -0.2) is 0 Å². The molecule has 0 radical (unpaired) electrons. The first-order valence-electron chi connectivity index (χ1n) is 4.69. The SMILES string of the molecule is COc1cc(CCCOC=O)ccc1O. The van der Waals surface area contributed by atoms with E-state index in [0.717, 1.165) is 18.4 Å². The molecule has 4 heteroatoms. The minimum absolute atomic E-state index is 0.130. The van der Waals surface area contributed by atoms with Crippen LogP contribution in [0.3, 0.4) is 0 Å². The number of phenols is 1. The molecular weight excluding hydrogens is 196 g/mol. The van der Waals surface area contributed by atoms with Gasteiger partial charge >= 0.3 is 0 Å². The second-order valence-corrected chi connectivity index (χ2v) is 3.08. The first-order valence-corrected chi connectivity index (χ1v) is 4.69. The zero-order valence-electron chi connectivity index (χ0n) is 8.60. The zero-order chi connectivity index (χ0) is 11.1. The van der Waals surface area contributed by atoms with Gasteiger partial charge in [-0.3, -0.25) is 4.79 Å². The number of aromatic hydroxyl groups is 1. The van der Waals surface area contributed by atoms with Crippen molar-refractivity contribution in [2.24, 2.45) is 0 Å².